The first kappa shape index (κ1) is 15.5. The second-order valence-corrected chi connectivity index (χ2v) is 6.70. The first-order valence-corrected chi connectivity index (χ1v) is 8.29. The second-order valence-electron chi connectivity index (χ2n) is 5.85. The molecule has 0 atom stereocenters. The van der Waals surface area contributed by atoms with E-state index in [0.717, 1.165) is 16.5 Å². The summed E-state index contributed by atoms with van der Waals surface area (Å²) in [6.45, 7) is 3.02. The normalized spacial score (nSPS) is 13.9. The van der Waals surface area contributed by atoms with Crippen LogP contribution in [-0.2, 0) is 6.54 Å². The van der Waals surface area contributed by atoms with Gasteiger partial charge in [-0.1, -0.05) is 29.3 Å². The summed E-state index contributed by atoms with van der Waals surface area (Å²) >= 11 is 12.3. The van der Waals surface area contributed by atoms with Crippen LogP contribution in [0.5, 0.6) is 0 Å². The summed E-state index contributed by atoms with van der Waals surface area (Å²) in [5.74, 6) is -0.501. The number of fused-ring (bicyclic) bond motifs is 3. The van der Waals surface area contributed by atoms with Gasteiger partial charge < -0.3 is 9.88 Å². The van der Waals surface area contributed by atoms with Gasteiger partial charge in [-0.15, -0.1) is 0 Å². The average Bonchev–Trinajstić information content (AvgIpc) is 2.81. The highest BCUT2D eigenvalue weighted by molar-refractivity contribution is 6.36. The predicted molar refractivity (Wildman–Crippen MR) is 94.4 cm³/mol. The number of halogens is 3. The third kappa shape index (κ3) is 2.21. The van der Waals surface area contributed by atoms with Crippen molar-refractivity contribution >= 4 is 40.0 Å². The molecule has 0 saturated heterocycles. The van der Waals surface area contributed by atoms with Crippen molar-refractivity contribution < 1.29 is 9.18 Å². The molecular weight excluding hydrogens is 350 g/mol. The summed E-state index contributed by atoms with van der Waals surface area (Å²) in [6.07, 6.45) is 0. The summed E-state index contributed by atoms with van der Waals surface area (Å²) in [5.41, 5.74) is 3.52. The first-order chi connectivity index (χ1) is 11.5. The van der Waals surface area contributed by atoms with Crippen LogP contribution in [0.1, 0.15) is 16.1 Å². The van der Waals surface area contributed by atoms with Gasteiger partial charge in [0, 0.05) is 39.6 Å². The lowest BCUT2D eigenvalue weighted by atomic mass is 10.0. The third-order valence-electron chi connectivity index (χ3n) is 4.43. The van der Waals surface area contributed by atoms with Crippen LogP contribution in [0.2, 0.25) is 10.0 Å². The molecule has 122 valence electrons. The van der Waals surface area contributed by atoms with E-state index in [9.17, 15) is 9.18 Å². The molecule has 0 aliphatic carbocycles. The fourth-order valence-electron chi connectivity index (χ4n) is 3.41. The van der Waals surface area contributed by atoms with Gasteiger partial charge in [0.2, 0.25) is 0 Å². The van der Waals surface area contributed by atoms with Crippen LogP contribution in [-0.4, -0.2) is 17.0 Å². The molecular formula is C18H13Cl2FN2O. The largest absolute Gasteiger partial charge is 0.349 e. The summed E-state index contributed by atoms with van der Waals surface area (Å²) < 4.78 is 16.2. The van der Waals surface area contributed by atoms with Gasteiger partial charge in [0.1, 0.15) is 11.5 Å². The maximum absolute atomic E-state index is 14.3. The Kier molecular flexibility index (Phi) is 3.55. The highest BCUT2D eigenvalue weighted by atomic mass is 35.5. The molecule has 0 bridgehead atoms. The molecule has 0 unspecified atom stereocenters. The summed E-state index contributed by atoms with van der Waals surface area (Å²) in [7, 11) is 0. The lowest BCUT2D eigenvalue weighted by Crippen LogP contribution is -2.35. The minimum atomic E-state index is -0.366. The highest BCUT2D eigenvalue weighted by Crippen LogP contribution is 2.39. The van der Waals surface area contributed by atoms with E-state index in [2.05, 4.69) is 5.32 Å². The molecule has 1 aromatic heterocycles. The molecule has 0 fully saturated rings. The molecule has 1 amide bonds. The molecule has 2 aromatic carbocycles. The number of nitrogens with zero attached hydrogens (tertiary/aromatic N) is 1. The zero-order valence-corrected chi connectivity index (χ0v) is 14.3. The van der Waals surface area contributed by atoms with Gasteiger partial charge in [0.25, 0.3) is 5.91 Å². The van der Waals surface area contributed by atoms with Crippen molar-refractivity contribution in [2.75, 3.05) is 6.54 Å². The number of nitrogens with one attached hydrogen (secondary N) is 1. The number of amides is 1. The van der Waals surface area contributed by atoms with Crippen LogP contribution in [0.25, 0.3) is 22.0 Å². The molecule has 6 heteroatoms. The van der Waals surface area contributed by atoms with Gasteiger partial charge in [-0.3, -0.25) is 4.79 Å². The fourth-order valence-corrected chi connectivity index (χ4v) is 3.92. The van der Waals surface area contributed by atoms with Gasteiger partial charge in [-0.25, -0.2) is 4.39 Å². The first-order valence-electron chi connectivity index (χ1n) is 7.53. The SMILES string of the molecule is Cc1c2n(c3c(-c4ccc(Cl)cc4Cl)cc(F)cc13)CCNC2=O. The van der Waals surface area contributed by atoms with Crippen LogP contribution in [0, 0.1) is 12.7 Å². The Labute approximate surface area is 148 Å². The van der Waals surface area contributed by atoms with E-state index >= 15 is 0 Å². The highest BCUT2D eigenvalue weighted by Gasteiger charge is 2.26. The molecule has 0 saturated carbocycles. The standard InChI is InChI=1S/C18H13Cl2FN2O/c1-9-13-7-11(21)8-14(12-3-2-10(19)6-15(12)20)17(13)23-5-4-22-18(24)16(9)23/h2-3,6-8H,4-5H2,1H3,(H,22,24). The lowest BCUT2D eigenvalue weighted by molar-refractivity contribution is 0.0928. The van der Waals surface area contributed by atoms with E-state index in [-0.39, 0.29) is 11.7 Å². The molecule has 0 radical (unpaired) electrons. The van der Waals surface area contributed by atoms with E-state index in [1.165, 1.54) is 12.1 Å². The zero-order chi connectivity index (χ0) is 17.0. The number of hydrogen-bond acceptors (Lipinski definition) is 1. The van der Waals surface area contributed by atoms with Crippen molar-refractivity contribution in [3.63, 3.8) is 0 Å². The Morgan fingerprint density at radius 3 is 2.71 bits per heavy atom. The maximum Gasteiger partial charge on any atom is 0.268 e. The number of benzene rings is 2. The number of hydrogen-bond donors (Lipinski definition) is 1. The van der Waals surface area contributed by atoms with E-state index in [1.807, 2.05) is 11.5 Å². The zero-order valence-electron chi connectivity index (χ0n) is 12.8. The smallest absolute Gasteiger partial charge is 0.268 e. The Balaban J connectivity index is 2.13. The Hall–Kier alpha value is -2.04. The van der Waals surface area contributed by atoms with Crippen molar-refractivity contribution in [3.8, 4) is 11.1 Å². The minimum Gasteiger partial charge on any atom is -0.349 e. The number of carbonyl (C=O) groups excluding carboxylic acids is 1. The molecule has 3 aromatic rings. The van der Waals surface area contributed by atoms with E-state index in [1.54, 1.807) is 18.2 Å². The van der Waals surface area contributed by atoms with E-state index < -0.39 is 0 Å². The van der Waals surface area contributed by atoms with Gasteiger partial charge in [-0.2, -0.15) is 0 Å². The van der Waals surface area contributed by atoms with E-state index in [4.69, 9.17) is 23.2 Å². The van der Waals surface area contributed by atoms with Crippen LogP contribution >= 0.6 is 23.2 Å². The number of rotatable bonds is 1. The van der Waals surface area contributed by atoms with Crippen molar-refractivity contribution in [1.82, 2.24) is 9.88 Å². The number of carbonyl (C=O) groups is 1. The summed E-state index contributed by atoms with van der Waals surface area (Å²) in [5, 5.41) is 4.53. The molecule has 3 nitrogen and oxygen atoms in total. The Bertz CT molecular complexity index is 1010. The lowest BCUT2D eigenvalue weighted by Gasteiger charge is -2.18. The van der Waals surface area contributed by atoms with Gasteiger partial charge in [0.05, 0.1) is 5.52 Å². The maximum atomic E-state index is 14.3. The van der Waals surface area contributed by atoms with Crippen molar-refractivity contribution in [2.45, 2.75) is 13.5 Å². The summed E-state index contributed by atoms with van der Waals surface area (Å²) in [6, 6.07) is 8.05. The van der Waals surface area contributed by atoms with Crippen molar-refractivity contribution in [1.29, 1.82) is 0 Å². The molecule has 1 N–H and O–H groups in total. The minimum absolute atomic E-state index is 0.136. The molecule has 1 aliphatic rings. The molecule has 2 heterocycles. The van der Waals surface area contributed by atoms with Crippen LogP contribution < -0.4 is 5.32 Å². The Morgan fingerprint density at radius 1 is 1.17 bits per heavy atom. The van der Waals surface area contributed by atoms with Gasteiger partial charge in [0.15, 0.2) is 0 Å². The van der Waals surface area contributed by atoms with Crippen LogP contribution in [0.4, 0.5) is 4.39 Å². The topological polar surface area (TPSA) is 34.0 Å². The number of aryl methyl sites for hydroxylation is 1. The quantitative estimate of drug-likeness (QED) is 0.662. The van der Waals surface area contributed by atoms with Crippen molar-refractivity contribution in [3.05, 3.63) is 57.5 Å². The molecule has 24 heavy (non-hydrogen) atoms. The van der Waals surface area contributed by atoms with Crippen LogP contribution in [0.3, 0.4) is 0 Å². The Morgan fingerprint density at radius 2 is 1.96 bits per heavy atom. The third-order valence-corrected chi connectivity index (χ3v) is 4.98. The summed E-state index contributed by atoms with van der Waals surface area (Å²) in [4.78, 5) is 12.3. The van der Waals surface area contributed by atoms with Gasteiger partial charge >= 0.3 is 0 Å². The van der Waals surface area contributed by atoms with Gasteiger partial charge in [-0.05, 0) is 36.8 Å². The number of aromatic nitrogens is 1. The predicted octanol–water partition coefficient (Wildman–Crippen LogP) is 4.81. The van der Waals surface area contributed by atoms with Crippen molar-refractivity contribution in [2.24, 2.45) is 0 Å². The molecule has 1 aliphatic heterocycles. The van der Waals surface area contributed by atoms with Crippen LogP contribution in [0.15, 0.2) is 30.3 Å². The monoisotopic (exact) mass is 362 g/mol. The molecule has 4 rings (SSSR count). The average molecular weight is 363 g/mol. The molecule has 0 spiro atoms. The second kappa shape index (κ2) is 5.50. The van der Waals surface area contributed by atoms with E-state index in [0.29, 0.717) is 40.0 Å². The fraction of sp³-hybridized carbons (Fsp3) is 0.167.